The van der Waals surface area contributed by atoms with E-state index in [4.69, 9.17) is 10.5 Å². The zero-order valence-corrected chi connectivity index (χ0v) is 16.0. The summed E-state index contributed by atoms with van der Waals surface area (Å²) in [5.74, 6) is -2.05. The summed E-state index contributed by atoms with van der Waals surface area (Å²) in [5.41, 5.74) is 6.40. The van der Waals surface area contributed by atoms with Gasteiger partial charge in [-0.2, -0.15) is 0 Å². The summed E-state index contributed by atoms with van der Waals surface area (Å²) in [5, 5.41) is 8.55. The van der Waals surface area contributed by atoms with Crippen LogP contribution in [0.3, 0.4) is 0 Å². The highest BCUT2D eigenvalue weighted by Crippen LogP contribution is 2.32. The maximum absolute atomic E-state index is 12.9. The van der Waals surface area contributed by atoms with E-state index in [1.165, 1.54) is 0 Å². The fourth-order valence-corrected chi connectivity index (χ4v) is 3.40. The van der Waals surface area contributed by atoms with Gasteiger partial charge in [-0.15, -0.1) is 0 Å². The van der Waals surface area contributed by atoms with Crippen LogP contribution in [0.2, 0.25) is 0 Å². The lowest BCUT2D eigenvalue weighted by Crippen LogP contribution is -2.54. The van der Waals surface area contributed by atoms with Gasteiger partial charge in [0.1, 0.15) is 6.04 Å². The molecule has 1 atom stereocenters. The lowest BCUT2D eigenvalue weighted by atomic mass is 10.0. The molecule has 2 aliphatic heterocycles. The summed E-state index contributed by atoms with van der Waals surface area (Å²) in [7, 11) is 0. The number of nitrogens with two attached hydrogens (primary N) is 1. The molecule has 1 aromatic rings. The van der Waals surface area contributed by atoms with Crippen LogP contribution in [0.4, 0.5) is 5.69 Å². The molecular formula is C19H25N5O5. The Labute approximate surface area is 168 Å². The molecule has 0 spiro atoms. The summed E-state index contributed by atoms with van der Waals surface area (Å²) in [6.45, 7) is 3.42. The molecule has 0 bridgehead atoms. The number of hydrogen-bond acceptors (Lipinski definition) is 8. The van der Waals surface area contributed by atoms with Gasteiger partial charge in [0.2, 0.25) is 11.8 Å². The molecule has 1 fully saturated rings. The van der Waals surface area contributed by atoms with E-state index < -0.39 is 29.7 Å². The highest BCUT2D eigenvalue weighted by atomic mass is 16.5. The Morgan fingerprint density at radius 2 is 1.93 bits per heavy atom. The second-order valence-corrected chi connectivity index (χ2v) is 6.75. The molecule has 3 rings (SSSR count). The van der Waals surface area contributed by atoms with Crippen molar-refractivity contribution in [2.45, 2.75) is 18.9 Å². The summed E-state index contributed by atoms with van der Waals surface area (Å²) in [6, 6.07) is 4.01. The number of anilines is 1. The first kappa shape index (κ1) is 20.9. The van der Waals surface area contributed by atoms with Gasteiger partial charge in [-0.05, 0) is 18.6 Å². The third kappa shape index (κ3) is 4.61. The lowest BCUT2D eigenvalue weighted by Gasteiger charge is -2.27. The molecule has 1 aromatic carbocycles. The Morgan fingerprint density at radius 1 is 1.10 bits per heavy atom. The van der Waals surface area contributed by atoms with E-state index in [0.717, 1.165) is 4.90 Å². The van der Waals surface area contributed by atoms with Crippen LogP contribution in [0.1, 0.15) is 33.6 Å². The van der Waals surface area contributed by atoms with Crippen LogP contribution >= 0.6 is 0 Å². The van der Waals surface area contributed by atoms with E-state index in [-0.39, 0.29) is 24.0 Å². The van der Waals surface area contributed by atoms with Crippen molar-refractivity contribution >= 4 is 29.3 Å². The number of nitrogens with zero attached hydrogens (tertiary/aromatic N) is 1. The molecule has 0 radical (unpaired) electrons. The number of amides is 4. The summed E-state index contributed by atoms with van der Waals surface area (Å²) < 4.78 is 5.27. The molecule has 0 aromatic heterocycles. The van der Waals surface area contributed by atoms with Gasteiger partial charge in [0.15, 0.2) is 0 Å². The van der Waals surface area contributed by atoms with Crippen molar-refractivity contribution in [1.29, 1.82) is 0 Å². The van der Waals surface area contributed by atoms with Crippen LogP contribution < -0.4 is 21.7 Å². The summed E-state index contributed by atoms with van der Waals surface area (Å²) in [6.07, 6.45) is 0.227. The largest absolute Gasteiger partial charge is 0.383 e. The normalized spacial score (nSPS) is 18.8. The average molecular weight is 403 g/mol. The number of imide groups is 2. The molecule has 4 amide bonds. The van der Waals surface area contributed by atoms with Gasteiger partial charge in [-0.3, -0.25) is 29.4 Å². The maximum Gasteiger partial charge on any atom is 0.264 e. The number of fused-ring (bicyclic) bond motifs is 1. The second kappa shape index (κ2) is 9.59. The molecule has 5 N–H and O–H groups in total. The van der Waals surface area contributed by atoms with Crippen molar-refractivity contribution in [3.63, 3.8) is 0 Å². The standard InChI is InChI=1S/C19H25N5O5/c20-6-10-29-11-9-21-7-8-22-13-3-1-2-12-16(13)19(28)24(18(12)27)14-4-5-15(25)23-17(14)26/h1-3,14,21-22H,4-11,20H2,(H,23,25,26). The fourth-order valence-electron chi connectivity index (χ4n) is 3.40. The van der Waals surface area contributed by atoms with Gasteiger partial charge in [-0.25, -0.2) is 0 Å². The molecule has 156 valence electrons. The minimum Gasteiger partial charge on any atom is -0.383 e. The minimum absolute atomic E-state index is 0.0928. The van der Waals surface area contributed by atoms with Crippen LogP contribution in [0.5, 0.6) is 0 Å². The highest BCUT2D eigenvalue weighted by Gasteiger charge is 2.45. The number of carbonyl (C=O) groups is 4. The number of ether oxygens (including phenoxy) is 1. The quantitative estimate of drug-likeness (QED) is 0.290. The molecule has 2 aliphatic rings. The Balaban J connectivity index is 1.61. The van der Waals surface area contributed by atoms with Crippen LogP contribution in [0.15, 0.2) is 18.2 Å². The van der Waals surface area contributed by atoms with E-state index in [1.54, 1.807) is 18.2 Å². The molecule has 2 heterocycles. The minimum atomic E-state index is -0.969. The molecular weight excluding hydrogens is 378 g/mol. The van der Waals surface area contributed by atoms with Gasteiger partial charge < -0.3 is 21.1 Å². The van der Waals surface area contributed by atoms with Crippen LogP contribution in [0.25, 0.3) is 0 Å². The third-order valence-corrected chi connectivity index (χ3v) is 4.77. The number of benzene rings is 1. The zero-order valence-electron chi connectivity index (χ0n) is 16.0. The first-order valence-electron chi connectivity index (χ1n) is 9.61. The Bertz CT molecular complexity index is 812. The number of rotatable bonds is 10. The van der Waals surface area contributed by atoms with Crippen LogP contribution in [0, 0.1) is 0 Å². The Kier molecular flexibility index (Phi) is 6.91. The van der Waals surface area contributed by atoms with Gasteiger partial charge in [-0.1, -0.05) is 6.07 Å². The number of piperidine rings is 1. The second-order valence-electron chi connectivity index (χ2n) is 6.75. The zero-order chi connectivity index (χ0) is 20.8. The molecule has 10 nitrogen and oxygen atoms in total. The van der Waals surface area contributed by atoms with Gasteiger partial charge >= 0.3 is 0 Å². The predicted molar refractivity (Wildman–Crippen MR) is 104 cm³/mol. The van der Waals surface area contributed by atoms with Crippen molar-refractivity contribution in [3.05, 3.63) is 29.3 Å². The number of nitrogens with one attached hydrogen (secondary N) is 3. The summed E-state index contributed by atoms with van der Waals surface area (Å²) in [4.78, 5) is 50.2. The first-order valence-corrected chi connectivity index (χ1v) is 9.61. The van der Waals surface area contributed by atoms with Gasteiger partial charge in [0.25, 0.3) is 11.8 Å². The van der Waals surface area contributed by atoms with Crippen molar-refractivity contribution < 1.29 is 23.9 Å². The number of hydrogen-bond donors (Lipinski definition) is 4. The lowest BCUT2D eigenvalue weighted by molar-refractivity contribution is -0.136. The topological polar surface area (TPSA) is 143 Å². The molecule has 29 heavy (non-hydrogen) atoms. The van der Waals surface area contributed by atoms with Crippen LogP contribution in [-0.4, -0.2) is 74.0 Å². The van der Waals surface area contributed by atoms with Gasteiger partial charge in [0.05, 0.1) is 24.3 Å². The van der Waals surface area contributed by atoms with E-state index in [9.17, 15) is 19.2 Å². The van der Waals surface area contributed by atoms with Gasteiger partial charge in [0, 0.05) is 38.3 Å². The van der Waals surface area contributed by atoms with E-state index >= 15 is 0 Å². The van der Waals surface area contributed by atoms with Crippen molar-refractivity contribution in [2.24, 2.45) is 5.73 Å². The summed E-state index contributed by atoms with van der Waals surface area (Å²) >= 11 is 0. The molecule has 0 saturated carbocycles. The smallest absolute Gasteiger partial charge is 0.264 e. The van der Waals surface area contributed by atoms with E-state index in [1.807, 2.05) is 0 Å². The average Bonchev–Trinajstić information content (AvgIpc) is 2.95. The monoisotopic (exact) mass is 403 g/mol. The third-order valence-electron chi connectivity index (χ3n) is 4.77. The maximum atomic E-state index is 12.9. The first-order chi connectivity index (χ1) is 14.0. The SMILES string of the molecule is NCCOCCNCCNc1cccc2c1C(=O)N(C1CCC(=O)NC1=O)C2=O. The van der Waals surface area contributed by atoms with Crippen molar-refractivity contribution in [1.82, 2.24) is 15.5 Å². The van der Waals surface area contributed by atoms with Crippen molar-refractivity contribution in [2.75, 3.05) is 44.7 Å². The van der Waals surface area contributed by atoms with E-state index in [0.29, 0.717) is 45.1 Å². The van der Waals surface area contributed by atoms with Crippen molar-refractivity contribution in [3.8, 4) is 0 Å². The molecule has 1 unspecified atom stereocenters. The fraction of sp³-hybridized carbons (Fsp3) is 0.474. The molecule has 10 heteroatoms. The Hall–Kier alpha value is -2.82. The Morgan fingerprint density at radius 3 is 2.69 bits per heavy atom. The number of carbonyl (C=O) groups excluding carboxylic acids is 4. The highest BCUT2D eigenvalue weighted by molar-refractivity contribution is 6.25. The molecule has 1 saturated heterocycles. The van der Waals surface area contributed by atoms with E-state index in [2.05, 4.69) is 16.0 Å². The predicted octanol–water partition coefficient (Wildman–Crippen LogP) is -0.935. The van der Waals surface area contributed by atoms with Crippen LogP contribution in [-0.2, 0) is 14.3 Å². The molecule has 0 aliphatic carbocycles.